The molecule has 3 rings (SSSR count). The molecule has 1 heterocycles. The van der Waals surface area contributed by atoms with E-state index in [1.165, 1.54) is 23.9 Å². The second-order valence-electron chi connectivity index (χ2n) is 6.05. The lowest BCUT2D eigenvalue weighted by atomic mass is 10.1. The highest BCUT2D eigenvalue weighted by Crippen LogP contribution is 2.29. The van der Waals surface area contributed by atoms with E-state index in [1.807, 2.05) is 12.1 Å². The molecule has 142 valence electrons. The van der Waals surface area contributed by atoms with Crippen LogP contribution in [0, 0.1) is 0 Å². The highest BCUT2D eigenvalue weighted by molar-refractivity contribution is 8.14. The summed E-state index contributed by atoms with van der Waals surface area (Å²) in [4.78, 5) is 23.3. The summed E-state index contributed by atoms with van der Waals surface area (Å²) in [5.41, 5.74) is 0.118. The number of halogens is 3. The van der Waals surface area contributed by atoms with E-state index in [9.17, 15) is 22.8 Å². The van der Waals surface area contributed by atoms with Crippen molar-refractivity contribution in [2.24, 2.45) is 0 Å². The van der Waals surface area contributed by atoms with Crippen LogP contribution in [-0.4, -0.2) is 29.4 Å². The number of hydrogen-bond acceptors (Lipinski definition) is 4. The number of hydrogen-bond donors (Lipinski definition) is 1. The Morgan fingerprint density at radius 2 is 1.93 bits per heavy atom. The number of ether oxygens (including phenoxy) is 1. The van der Waals surface area contributed by atoms with E-state index in [-0.39, 0.29) is 22.7 Å². The summed E-state index contributed by atoms with van der Waals surface area (Å²) in [5.74, 6) is -0.0792. The number of thioether (sulfide) groups is 1. The standard InChI is InChI=1S/C19H16F3NO3S/c20-19(21,22)14-3-1-2-13(9-14)17(24)11-26-15-6-4-12(5-7-15)8-16-10-23-18(25)27-16/h1-7,9,16H,8,10-11H2,(H,23,25). The number of amides is 1. The number of nitrogens with one attached hydrogen (secondary N) is 1. The Labute approximate surface area is 158 Å². The molecule has 1 amide bonds. The molecule has 0 aromatic heterocycles. The molecule has 0 aliphatic carbocycles. The molecule has 4 nitrogen and oxygen atoms in total. The molecule has 8 heteroatoms. The first-order valence-electron chi connectivity index (χ1n) is 8.18. The van der Waals surface area contributed by atoms with Crippen LogP contribution in [0.5, 0.6) is 5.75 Å². The van der Waals surface area contributed by atoms with Crippen LogP contribution in [0.1, 0.15) is 21.5 Å². The van der Waals surface area contributed by atoms with Crippen molar-refractivity contribution in [3.63, 3.8) is 0 Å². The third-order valence-corrected chi connectivity index (χ3v) is 5.04. The van der Waals surface area contributed by atoms with Crippen LogP contribution >= 0.6 is 11.8 Å². The van der Waals surface area contributed by atoms with Gasteiger partial charge < -0.3 is 10.1 Å². The van der Waals surface area contributed by atoms with Gasteiger partial charge in [-0.05, 0) is 36.2 Å². The summed E-state index contributed by atoms with van der Waals surface area (Å²) in [6.45, 7) is 0.283. The number of carbonyl (C=O) groups is 2. The van der Waals surface area contributed by atoms with Crippen LogP contribution in [-0.2, 0) is 12.6 Å². The largest absolute Gasteiger partial charge is 0.485 e. The summed E-state index contributed by atoms with van der Waals surface area (Å²) >= 11 is 1.27. The summed E-state index contributed by atoms with van der Waals surface area (Å²) in [7, 11) is 0. The van der Waals surface area contributed by atoms with Crippen LogP contribution in [0.2, 0.25) is 0 Å². The minimum atomic E-state index is -4.50. The molecule has 2 aromatic carbocycles. The molecule has 1 fully saturated rings. The second-order valence-corrected chi connectivity index (χ2v) is 7.32. The Morgan fingerprint density at radius 1 is 1.19 bits per heavy atom. The highest BCUT2D eigenvalue weighted by atomic mass is 32.2. The van der Waals surface area contributed by atoms with Crippen molar-refractivity contribution in [3.05, 3.63) is 65.2 Å². The quantitative estimate of drug-likeness (QED) is 0.740. The molecule has 0 spiro atoms. The highest BCUT2D eigenvalue weighted by Gasteiger charge is 2.30. The number of benzene rings is 2. The predicted octanol–water partition coefficient (Wildman–Crippen LogP) is 4.33. The van der Waals surface area contributed by atoms with Gasteiger partial charge in [0.15, 0.2) is 12.4 Å². The topological polar surface area (TPSA) is 55.4 Å². The molecule has 0 radical (unpaired) electrons. The second kappa shape index (κ2) is 8.04. The monoisotopic (exact) mass is 395 g/mol. The normalized spacial score (nSPS) is 16.9. The Morgan fingerprint density at radius 3 is 2.56 bits per heavy atom. The van der Waals surface area contributed by atoms with Gasteiger partial charge in [0, 0.05) is 17.4 Å². The fraction of sp³-hybridized carbons (Fsp3) is 0.263. The van der Waals surface area contributed by atoms with E-state index in [0.717, 1.165) is 24.1 Å². The molecule has 1 N–H and O–H groups in total. The van der Waals surface area contributed by atoms with Crippen molar-refractivity contribution in [1.82, 2.24) is 5.32 Å². The molecule has 1 saturated heterocycles. The van der Waals surface area contributed by atoms with Gasteiger partial charge in [-0.2, -0.15) is 13.2 Å². The van der Waals surface area contributed by atoms with Crippen LogP contribution in [0.3, 0.4) is 0 Å². The summed E-state index contributed by atoms with van der Waals surface area (Å²) in [6, 6.07) is 11.4. The Balaban J connectivity index is 1.55. The first kappa shape index (κ1) is 19.3. The van der Waals surface area contributed by atoms with Gasteiger partial charge in [-0.1, -0.05) is 36.0 Å². The van der Waals surface area contributed by atoms with E-state index in [4.69, 9.17) is 4.74 Å². The zero-order valence-electron chi connectivity index (χ0n) is 14.1. The van der Waals surface area contributed by atoms with Gasteiger partial charge in [0.25, 0.3) is 5.24 Å². The van der Waals surface area contributed by atoms with E-state index in [1.54, 1.807) is 12.1 Å². The molecule has 1 aliphatic rings. The van der Waals surface area contributed by atoms with Crippen LogP contribution in [0.15, 0.2) is 48.5 Å². The number of ketones is 1. The fourth-order valence-electron chi connectivity index (χ4n) is 2.63. The molecular formula is C19H16F3NO3S. The average molecular weight is 395 g/mol. The lowest BCUT2D eigenvalue weighted by Gasteiger charge is -2.10. The van der Waals surface area contributed by atoms with Gasteiger partial charge >= 0.3 is 6.18 Å². The minimum absolute atomic E-state index is 0.0203. The van der Waals surface area contributed by atoms with Crippen molar-refractivity contribution in [2.75, 3.05) is 13.2 Å². The van der Waals surface area contributed by atoms with Crippen molar-refractivity contribution in [2.45, 2.75) is 17.8 Å². The Hall–Kier alpha value is -2.48. The zero-order valence-corrected chi connectivity index (χ0v) is 14.9. The van der Waals surface area contributed by atoms with E-state index in [0.29, 0.717) is 12.3 Å². The van der Waals surface area contributed by atoms with Crippen molar-refractivity contribution >= 4 is 22.8 Å². The SMILES string of the molecule is O=C1NCC(Cc2ccc(OCC(=O)c3cccc(C(F)(F)F)c3)cc2)S1. The first-order valence-corrected chi connectivity index (χ1v) is 9.06. The van der Waals surface area contributed by atoms with Crippen LogP contribution in [0.4, 0.5) is 18.0 Å². The van der Waals surface area contributed by atoms with E-state index in [2.05, 4.69) is 5.32 Å². The molecule has 1 atom stereocenters. The molecule has 1 aliphatic heterocycles. The zero-order chi connectivity index (χ0) is 19.4. The number of alkyl halides is 3. The van der Waals surface area contributed by atoms with Crippen molar-refractivity contribution in [3.8, 4) is 5.75 Å². The number of Topliss-reactive ketones (excluding diaryl/α,β-unsaturated/α-hetero) is 1. The third kappa shape index (κ3) is 5.26. The molecule has 2 aromatic rings. The lowest BCUT2D eigenvalue weighted by molar-refractivity contribution is -0.137. The maximum absolute atomic E-state index is 12.7. The van der Waals surface area contributed by atoms with Crippen LogP contribution in [0.25, 0.3) is 0 Å². The van der Waals surface area contributed by atoms with Gasteiger partial charge in [0.1, 0.15) is 5.75 Å². The minimum Gasteiger partial charge on any atom is -0.485 e. The van der Waals surface area contributed by atoms with Crippen molar-refractivity contribution < 1.29 is 27.5 Å². The number of carbonyl (C=O) groups excluding carboxylic acids is 2. The third-order valence-electron chi connectivity index (χ3n) is 4.02. The van der Waals surface area contributed by atoms with Crippen molar-refractivity contribution in [1.29, 1.82) is 0 Å². The van der Waals surface area contributed by atoms with Gasteiger partial charge in [0.2, 0.25) is 0 Å². The summed E-state index contributed by atoms with van der Waals surface area (Å²) in [5, 5.41) is 2.92. The van der Waals surface area contributed by atoms with Gasteiger partial charge in [-0.15, -0.1) is 0 Å². The average Bonchev–Trinajstić information content (AvgIpc) is 3.05. The Kier molecular flexibility index (Phi) is 5.74. The van der Waals surface area contributed by atoms with Gasteiger partial charge in [-0.3, -0.25) is 9.59 Å². The summed E-state index contributed by atoms with van der Waals surface area (Å²) < 4.78 is 43.5. The van der Waals surface area contributed by atoms with Gasteiger partial charge in [0.05, 0.1) is 5.56 Å². The molecule has 0 bridgehead atoms. The van der Waals surface area contributed by atoms with Crippen LogP contribution < -0.4 is 10.1 Å². The predicted molar refractivity (Wildman–Crippen MR) is 96.2 cm³/mol. The maximum Gasteiger partial charge on any atom is 0.416 e. The Bertz CT molecular complexity index is 837. The lowest BCUT2D eigenvalue weighted by Crippen LogP contribution is -2.16. The smallest absolute Gasteiger partial charge is 0.416 e. The number of rotatable bonds is 6. The first-order chi connectivity index (χ1) is 12.8. The maximum atomic E-state index is 12.7. The molecule has 1 unspecified atom stereocenters. The molecule has 27 heavy (non-hydrogen) atoms. The fourth-order valence-corrected chi connectivity index (χ4v) is 3.54. The van der Waals surface area contributed by atoms with E-state index < -0.39 is 17.5 Å². The summed E-state index contributed by atoms with van der Waals surface area (Å²) in [6.07, 6.45) is -3.77. The van der Waals surface area contributed by atoms with E-state index >= 15 is 0 Å². The van der Waals surface area contributed by atoms with Gasteiger partial charge in [-0.25, -0.2) is 0 Å². The molecule has 0 saturated carbocycles. The molecular weight excluding hydrogens is 379 g/mol.